The second-order valence-corrected chi connectivity index (χ2v) is 2.32. The first kappa shape index (κ1) is 8.41. The molecule has 1 aromatic heterocycles. The molecule has 0 aliphatic heterocycles. The highest BCUT2D eigenvalue weighted by atomic mass is 16.1. The van der Waals surface area contributed by atoms with Crippen LogP contribution in [0.3, 0.4) is 0 Å². The molecule has 0 unspecified atom stereocenters. The van der Waals surface area contributed by atoms with Gasteiger partial charge in [-0.2, -0.15) is 5.26 Å². The second kappa shape index (κ2) is 4.24. The zero-order chi connectivity index (χ0) is 8.81. The maximum absolute atomic E-state index is 10.4. The van der Waals surface area contributed by atoms with Gasteiger partial charge in [0.05, 0.1) is 6.07 Å². The summed E-state index contributed by atoms with van der Waals surface area (Å²) in [4.78, 5) is 14.3. The molecule has 0 bridgehead atoms. The van der Waals surface area contributed by atoms with Crippen molar-refractivity contribution in [3.05, 3.63) is 29.6 Å². The van der Waals surface area contributed by atoms with E-state index in [9.17, 15) is 4.79 Å². The van der Waals surface area contributed by atoms with Gasteiger partial charge >= 0.3 is 0 Å². The number of rotatable bonds is 3. The number of carbonyl (C=O) groups is 1. The van der Waals surface area contributed by atoms with Crippen molar-refractivity contribution in [2.24, 2.45) is 0 Å². The fourth-order valence-corrected chi connectivity index (χ4v) is 0.959. The van der Waals surface area contributed by atoms with Crippen molar-refractivity contribution in [3.63, 3.8) is 0 Å². The van der Waals surface area contributed by atoms with Gasteiger partial charge in [-0.3, -0.25) is 9.78 Å². The molecule has 3 nitrogen and oxygen atoms in total. The zero-order valence-electron chi connectivity index (χ0n) is 6.53. The fraction of sp³-hybridized carbons (Fsp3) is 0.222. The van der Waals surface area contributed by atoms with Crippen LogP contribution in [0, 0.1) is 11.3 Å². The molecule has 0 N–H and O–H groups in total. The average molecular weight is 160 g/mol. The first-order valence-electron chi connectivity index (χ1n) is 3.64. The normalized spacial score (nSPS) is 8.92. The number of aryl methyl sites for hydroxylation is 1. The van der Waals surface area contributed by atoms with Crippen molar-refractivity contribution in [1.82, 2.24) is 4.98 Å². The lowest BCUT2D eigenvalue weighted by atomic mass is 10.1. The van der Waals surface area contributed by atoms with Crippen LogP contribution >= 0.6 is 0 Å². The van der Waals surface area contributed by atoms with Crippen molar-refractivity contribution in [3.8, 4) is 6.07 Å². The van der Waals surface area contributed by atoms with Crippen molar-refractivity contribution in [1.29, 1.82) is 5.26 Å². The van der Waals surface area contributed by atoms with Crippen molar-refractivity contribution in [2.75, 3.05) is 0 Å². The molecule has 0 fully saturated rings. The molecule has 3 heteroatoms. The molecule has 0 spiro atoms. The number of carbonyl (C=O) groups excluding carboxylic acids is 1. The highest BCUT2D eigenvalue weighted by Gasteiger charge is 1.99. The molecule has 0 aromatic carbocycles. The lowest BCUT2D eigenvalue weighted by Crippen LogP contribution is -1.94. The van der Waals surface area contributed by atoms with Gasteiger partial charge < -0.3 is 0 Å². The molecule has 0 aliphatic rings. The maximum Gasteiger partial charge on any atom is 0.168 e. The molecule has 0 radical (unpaired) electrons. The number of pyridine rings is 1. The molecular formula is C9H8N2O. The van der Waals surface area contributed by atoms with Gasteiger partial charge in [-0.25, -0.2) is 0 Å². The van der Waals surface area contributed by atoms with Crippen LogP contribution in [0.25, 0.3) is 0 Å². The third-order valence-corrected chi connectivity index (χ3v) is 1.54. The Hall–Kier alpha value is -1.69. The van der Waals surface area contributed by atoms with Crippen LogP contribution in [0.15, 0.2) is 18.3 Å². The largest absolute Gasteiger partial charge is 0.296 e. The number of hydrogen-bond acceptors (Lipinski definition) is 3. The second-order valence-electron chi connectivity index (χ2n) is 2.32. The van der Waals surface area contributed by atoms with Crippen LogP contribution in [-0.4, -0.2) is 11.3 Å². The SMILES string of the molecule is N#CCCc1cccnc1C=O. The Morgan fingerprint density at radius 3 is 3.17 bits per heavy atom. The van der Waals surface area contributed by atoms with Crippen molar-refractivity contribution >= 4 is 6.29 Å². The van der Waals surface area contributed by atoms with Gasteiger partial charge in [0.15, 0.2) is 6.29 Å². The van der Waals surface area contributed by atoms with Crippen LogP contribution < -0.4 is 0 Å². The first-order valence-corrected chi connectivity index (χ1v) is 3.64. The van der Waals surface area contributed by atoms with Crippen molar-refractivity contribution in [2.45, 2.75) is 12.8 Å². The summed E-state index contributed by atoms with van der Waals surface area (Å²) in [6.07, 6.45) is 3.30. The predicted octanol–water partition coefficient (Wildman–Crippen LogP) is 1.35. The summed E-state index contributed by atoms with van der Waals surface area (Å²) in [5.41, 5.74) is 1.28. The summed E-state index contributed by atoms with van der Waals surface area (Å²) in [6.45, 7) is 0. The van der Waals surface area contributed by atoms with Crippen LogP contribution in [0.4, 0.5) is 0 Å². The van der Waals surface area contributed by atoms with E-state index in [0.717, 1.165) is 5.56 Å². The summed E-state index contributed by atoms with van der Waals surface area (Å²) < 4.78 is 0. The molecule has 1 rings (SSSR count). The Labute approximate surface area is 70.7 Å². The molecule has 12 heavy (non-hydrogen) atoms. The number of nitrogens with zero attached hydrogens (tertiary/aromatic N) is 2. The lowest BCUT2D eigenvalue weighted by molar-refractivity contribution is 0.111. The van der Waals surface area contributed by atoms with Crippen LogP contribution in [-0.2, 0) is 6.42 Å². The summed E-state index contributed by atoms with van der Waals surface area (Å²) in [5.74, 6) is 0. The van der Waals surface area contributed by atoms with Gasteiger partial charge in [-0.05, 0) is 18.1 Å². The molecular weight excluding hydrogens is 152 g/mol. The topological polar surface area (TPSA) is 53.8 Å². The molecule has 0 saturated heterocycles. The average Bonchev–Trinajstić information content (AvgIpc) is 2.15. The Bertz CT molecular complexity index is 315. The number of aromatic nitrogens is 1. The van der Waals surface area contributed by atoms with Gasteiger partial charge in [-0.15, -0.1) is 0 Å². The highest BCUT2D eigenvalue weighted by Crippen LogP contribution is 2.05. The number of nitriles is 1. The van der Waals surface area contributed by atoms with Crippen LogP contribution in [0.2, 0.25) is 0 Å². The van der Waals surface area contributed by atoms with E-state index < -0.39 is 0 Å². The van der Waals surface area contributed by atoms with Gasteiger partial charge in [0.1, 0.15) is 5.69 Å². The van der Waals surface area contributed by atoms with Gasteiger partial charge in [-0.1, -0.05) is 6.07 Å². The summed E-state index contributed by atoms with van der Waals surface area (Å²) in [6, 6.07) is 5.60. The van der Waals surface area contributed by atoms with E-state index in [1.165, 1.54) is 0 Å². The third kappa shape index (κ3) is 1.89. The standard InChI is InChI=1S/C9H8N2O/c10-5-1-3-8-4-2-6-11-9(8)7-12/h2,4,6-7H,1,3H2. The van der Waals surface area contributed by atoms with Crippen LogP contribution in [0.1, 0.15) is 22.5 Å². The number of aldehydes is 1. The molecule has 60 valence electrons. The summed E-state index contributed by atoms with van der Waals surface area (Å²) in [7, 11) is 0. The predicted molar refractivity (Wildman–Crippen MR) is 43.6 cm³/mol. The molecule has 1 heterocycles. The molecule has 0 atom stereocenters. The first-order chi connectivity index (χ1) is 5.88. The number of hydrogen-bond donors (Lipinski definition) is 0. The van der Waals surface area contributed by atoms with E-state index >= 15 is 0 Å². The Kier molecular flexibility index (Phi) is 2.97. The Morgan fingerprint density at radius 1 is 1.67 bits per heavy atom. The quantitative estimate of drug-likeness (QED) is 0.627. The van der Waals surface area contributed by atoms with Crippen molar-refractivity contribution < 1.29 is 4.79 Å². The lowest BCUT2D eigenvalue weighted by Gasteiger charge is -1.98. The zero-order valence-corrected chi connectivity index (χ0v) is 6.53. The third-order valence-electron chi connectivity index (χ3n) is 1.54. The van der Waals surface area contributed by atoms with Gasteiger partial charge in [0.2, 0.25) is 0 Å². The van der Waals surface area contributed by atoms with E-state index in [0.29, 0.717) is 24.8 Å². The fourth-order valence-electron chi connectivity index (χ4n) is 0.959. The monoisotopic (exact) mass is 160 g/mol. The van der Waals surface area contributed by atoms with E-state index in [2.05, 4.69) is 4.98 Å². The maximum atomic E-state index is 10.4. The molecule has 0 saturated carbocycles. The minimum absolute atomic E-state index is 0.423. The minimum Gasteiger partial charge on any atom is -0.296 e. The van der Waals surface area contributed by atoms with Gasteiger partial charge in [0.25, 0.3) is 0 Å². The molecule has 0 amide bonds. The summed E-state index contributed by atoms with van der Waals surface area (Å²) in [5, 5.41) is 8.33. The minimum atomic E-state index is 0.423. The van der Waals surface area contributed by atoms with E-state index in [-0.39, 0.29) is 0 Å². The smallest absolute Gasteiger partial charge is 0.168 e. The molecule has 1 aromatic rings. The van der Waals surface area contributed by atoms with E-state index in [1.807, 2.05) is 12.1 Å². The Morgan fingerprint density at radius 2 is 2.50 bits per heavy atom. The van der Waals surface area contributed by atoms with Gasteiger partial charge in [0, 0.05) is 12.6 Å². The summed E-state index contributed by atoms with van der Waals surface area (Å²) >= 11 is 0. The van der Waals surface area contributed by atoms with E-state index in [1.54, 1.807) is 12.3 Å². The molecule has 0 aliphatic carbocycles. The highest BCUT2D eigenvalue weighted by molar-refractivity contribution is 5.73. The Balaban J connectivity index is 2.83. The van der Waals surface area contributed by atoms with E-state index in [4.69, 9.17) is 5.26 Å². The van der Waals surface area contributed by atoms with Crippen LogP contribution in [0.5, 0.6) is 0 Å².